The maximum absolute atomic E-state index is 11.6. The van der Waals surface area contributed by atoms with Crippen molar-refractivity contribution in [2.24, 2.45) is 0 Å². The third kappa shape index (κ3) is 1.58. The molecule has 1 saturated heterocycles. The molecule has 1 aliphatic heterocycles. The smallest absolute Gasteiger partial charge is 0.255 e. The van der Waals surface area contributed by atoms with Gasteiger partial charge in [0, 0.05) is 25.5 Å². The van der Waals surface area contributed by atoms with Crippen LogP contribution in [0.2, 0.25) is 0 Å². The predicted octanol–water partition coefficient (Wildman–Crippen LogP) is 0.221. The minimum atomic E-state index is -0.345. The Labute approximate surface area is 76.2 Å². The zero-order chi connectivity index (χ0) is 9.26. The Balaban J connectivity index is 2.06. The number of nitrogens with zero attached hydrogens (tertiary/aromatic N) is 1. The van der Waals surface area contributed by atoms with Crippen molar-refractivity contribution in [3.05, 3.63) is 24.0 Å². The fourth-order valence-corrected chi connectivity index (χ4v) is 1.57. The number of hydrogen-bond acceptors (Lipinski definition) is 2. The second-order valence-electron chi connectivity index (χ2n) is 3.29. The van der Waals surface area contributed by atoms with Crippen LogP contribution in [0.5, 0.6) is 0 Å². The first-order valence-corrected chi connectivity index (χ1v) is 4.37. The van der Waals surface area contributed by atoms with Gasteiger partial charge in [0.25, 0.3) is 5.91 Å². The zero-order valence-electron chi connectivity index (χ0n) is 7.23. The number of carbonyl (C=O) groups is 1. The fourth-order valence-electron chi connectivity index (χ4n) is 1.57. The van der Waals surface area contributed by atoms with Crippen molar-refractivity contribution >= 4 is 5.91 Å². The molecule has 0 unspecified atom stereocenters. The molecule has 13 heavy (non-hydrogen) atoms. The molecule has 0 aliphatic carbocycles. The zero-order valence-corrected chi connectivity index (χ0v) is 7.23. The van der Waals surface area contributed by atoms with Crippen LogP contribution in [0.15, 0.2) is 18.5 Å². The van der Waals surface area contributed by atoms with Gasteiger partial charge in [0.05, 0.1) is 11.7 Å². The van der Waals surface area contributed by atoms with Gasteiger partial charge in [-0.15, -0.1) is 0 Å². The molecule has 1 aromatic rings. The topological polar surface area (TPSA) is 56.3 Å². The van der Waals surface area contributed by atoms with Gasteiger partial charge in [-0.05, 0) is 12.5 Å². The van der Waals surface area contributed by atoms with Crippen molar-refractivity contribution in [3.8, 4) is 0 Å². The van der Waals surface area contributed by atoms with Crippen LogP contribution in [-0.2, 0) is 0 Å². The van der Waals surface area contributed by atoms with Crippen molar-refractivity contribution in [1.29, 1.82) is 0 Å². The van der Waals surface area contributed by atoms with E-state index in [2.05, 4.69) is 4.98 Å². The normalized spacial score (nSPS) is 22.2. The van der Waals surface area contributed by atoms with Gasteiger partial charge in [-0.2, -0.15) is 0 Å². The first-order valence-electron chi connectivity index (χ1n) is 4.37. The Bertz CT molecular complexity index is 295. The third-order valence-electron chi connectivity index (χ3n) is 2.30. The largest absolute Gasteiger partial charge is 0.391 e. The number of rotatable bonds is 1. The van der Waals surface area contributed by atoms with E-state index in [9.17, 15) is 9.90 Å². The van der Waals surface area contributed by atoms with E-state index >= 15 is 0 Å². The van der Waals surface area contributed by atoms with E-state index in [1.165, 1.54) is 0 Å². The monoisotopic (exact) mass is 180 g/mol. The summed E-state index contributed by atoms with van der Waals surface area (Å²) < 4.78 is 0. The number of aromatic nitrogens is 1. The second kappa shape index (κ2) is 3.22. The van der Waals surface area contributed by atoms with E-state index in [1.54, 1.807) is 23.4 Å². The molecule has 0 saturated carbocycles. The summed E-state index contributed by atoms with van der Waals surface area (Å²) in [6.07, 6.45) is 3.74. The number of carbonyl (C=O) groups excluding carboxylic acids is 1. The maximum Gasteiger partial charge on any atom is 0.255 e. The summed E-state index contributed by atoms with van der Waals surface area (Å²) in [5.41, 5.74) is 0.661. The highest BCUT2D eigenvalue weighted by atomic mass is 16.3. The molecule has 1 aliphatic rings. The molecule has 0 bridgehead atoms. The summed E-state index contributed by atoms with van der Waals surface area (Å²) in [6, 6.07) is 1.74. The molecule has 2 rings (SSSR count). The third-order valence-corrected chi connectivity index (χ3v) is 2.30. The molecule has 0 radical (unpaired) electrons. The molecular weight excluding hydrogens is 168 g/mol. The summed E-state index contributed by atoms with van der Waals surface area (Å²) in [4.78, 5) is 16.2. The van der Waals surface area contributed by atoms with Crippen LogP contribution in [0.25, 0.3) is 0 Å². The number of likely N-dealkylation sites (tertiary alicyclic amines) is 1. The average molecular weight is 180 g/mol. The highest BCUT2D eigenvalue weighted by molar-refractivity contribution is 5.94. The second-order valence-corrected chi connectivity index (χ2v) is 3.29. The van der Waals surface area contributed by atoms with Crippen molar-refractivity contribution in [2.45, 2.75) is 12.5 Å². The van der Waals surface area contributed by atoms with Gasteiger partial charge < -0.3 is 15.0 Å². The molecule has 1 fully saturated rings. The van der Waals surface area contributed by atoms with Crippen LogP contribution in [0.4, 0.5) is 0 Å². The van der Waals surface area contributed by atoms with Crippen molar-refractivity contribution in [2.75, 3.05) is 13.1 Å². The van der Waals surface area contributed by atoms with Crippen LogP contribution in [0.3, 0.4) is 0 Å². The van der Waals surface area contributed by atoms with Crippen molar-refractivity contribution < 1.29 is 9.90 Å². The van der Waals surface area contributed by atoms with E-state index in [1.807, 2.05) is 0 Å². The summed E-state index contributed by atoms with van der Waals surface area (Å²) in [5, 5.41) is 9.24. The summed E-state index contributed by atoms with van der Waals surface area (Å²) in [5.74, 6) is -0.00204. The van der Waals surface area contributed by atoms with E-state index in [0.717, 1.165) is 0 Å². The predicted molar refractivity (Wildman–Crippen MR) is 47.3 cm³/mol. The Hall–Kier alpha value is -1.29. The summed E-state index contributed by atoms with van der Waals surface area (Å²) >= 11 is 0. The minimum Gasteiger partial charge on any atom is -0.391 e. The molecule has 2 N–H and O–H groups in total. The number of hydrogen-bond donors (Lipinski definition) is 2. The lowest BCUT2D eigenvalue weighted by Crippen LogP contribution is -2.29. The number of nitrogens with one attached hydrogen (secondary N) is 1. The van der Waals surface area contributed by atoms with Gasteiger partial charge in [0.2, 0.25) is 0 Å². The van der Waals surface area contributed by atoms with Gasteiger partial charge in [0.15, 0.2) is 0 Å². The number of amides is 1. The Kier molecular flexibility index (Phi) is 2.06. The van der Waals surface area contributed by atoms with Crippen LogP contribution >= 0.6 is 0 Å². The molecule has 2 heterocycles. The molecule has 1 aromatic heterocycles. The Morgan fingerprint density at radius 2 is 2.54 bits per heavy atom. The van der Waals surface area contributed by atoms with Gasteiger partial charge >= 0.3 is 0 Å². The number of aromatic amines is 1. The quantitative estimate of drug-likeness (QED) is 0.649. The maximum atomic E-state index is 11.6. The van der Waals surface area contributed by atoms with E-state index in [4.69, 9.17) is 0 Å². The SMILES string of the molecule is O=C(c1cc[nH]c1)N1CC[C@@H](O)C1. The van der Waals surface area contributed by atoms with Gasteiger partial charge in [-0.1, -0.05) is 0 Å². The van der Waals surface area contributed by atoms with Crippen LogP contribution < -0.4 is 0 Å². The van der Waals surface area contributed by atoms with Crippen LogP contribution in [0, 0.1) is 0 Å². The van der Waals surface area contributed by atoms with Gasteiger partial charge in [-0.25, -0.2) is 0 Å². The van der Waals surface area contributed by atoms with Gasteiger partial charge in [-0.3, -0.25) is 4.79 Å². The fraction of sp³-hybridized carbons (Fsp3) is 0.444. The van der Waals surface area contributed by atoms with Gasteiger partial charge in [0.1, 0.15) is 0 Å². The lowest BCUT2D eigenvalue weighted by Gasteiger charge is -2.13. The van der Waals surface area contributed by atoms with Crippen LogP contribution in [-0.4, -0.2) is 40.1 Å². The molecule has 70 valence electrons. The Morgan fingerprint density at radius 3 is 3.08 bits per heavy atom. The molecule has 4 nitrogen and oxygen atoms in total. The van der Waals surface area contributed by atoms with Crippen LogP contribution in [0.1, 0.15) is 16.8 Å². The number of aliphatic hydroxyl groups is 1. The number of β-amino-alcohol motifs (C(OH)–C–C–N with tert-alkyl or cyclic N) is 1. The molecule has 4 heteroatoms. The standard InChI is InChI=1S/C9H12N2O2/c12-8-2-4-11(6-8)9(13)7-1-3-10-5-7/h1,3,5,8,10,12H,2,4,6H2/t8-/m1/s1. The summed E-state index contributed by atoms with van der Waals surface area (Å²) in [6.45, 7) is 1.12. The highest BCUT2D eigenvalue weighted by Crippen LogP contribution is 2.12. The Morgan fingerprint density at radius 1 is 1.69 bits per heavy atom. The number of aliphatic hydroxyl groups excluding tert-OH is 1. The lowest BCUT2D eigenvalue weighted by atomic mass is 10.3. The van der Waals surface area contributed by atoms with Crippen molar-refractivity contribution in [1.82, 2.24) is 9.88 Å². The van der Waals surface area contributed by atoms with E-state index in [0.29, 0.717) is 25.1 Å². The molecule has 0 aromatic carbocycles. The number of H-pyrrole nitrogens is 1. The summed E-state index contributed by atoms with van der Waals surface area (Å²) in [7, 11) is 0. The molecule has 1 atom stereocenters. The average Bonchev–Trinajstić information content (AvgIpc) is 2.72. The lowest BCUT2D eigenvalue weighted by molar-refractivity contribution is 0.0765. The van der Waals surface area contributed by atoms with E-state index < -0.39 is 0 Å². The first-order chi connectivity index (χ1) is 6.27. The first kappa shape index (κ1) is 8.31. The molecule has 0 spiro atoms. The highest BCUT2D eigenvalue weighted by Gasteiger charge is 2.25. The van der Waals surface area contributed by atoms with E-state index in [-0.39, 0.29) is 12.0 Å². The van der Waals surface area contributed by atoms with Crippen molar-refractivity contribution in [3.63, 3.8) is 0 Å². The minimum absolute atomic E-state index is 0.00204. The molecule has 1 amide bonds. The molecular formula is C9H12N2O2.